The third-order valence-electron chi connectivity index (χ3n) is 5.11. The maximum Gasteiger partial charge on any atom is 0.243 e. The van der Waals surface area contributed by atoms with Crippen LogP contribution in [0.1, 0.15) is 24.1 Å². The van der Waals surface area contributed by atoms with E-state index in [2.05, 4.69) is 5.32 Å². The summed E-state index contributed by atoms with van der Waals surface area (Å²) in [4.78, 5) is 14.1. The molecule has 0 fully saturated rings. The minimum atomic E-state index is -4.01. The molecular weight excluding hydrogens is 535 g/mol. The SMILES string of the molecule is CSc1ccc(C(C)NC(=O)CN(Cc2ccc(Cl)c(Cl)c2)S(=O)(=O)c2ccc(Cl)cc2)cc1. The highest BCUT2D eigenvalue weighted by Crippen LogP contribution is 2.26. The number of benzene rings is 3. The maximum atomic E-state index is 13.4. The van der Waals surface area contributed by atoms with Crippen molar-refractivity contribution < 1.29 is 13.2 Å². The number of amides is 1. The Balaban J connectivity index is 1.83. The molecule has 180 valence electrons. The van der Waals surface area contributed by atoms with Crippen molar-refractivity contribution in [1.29, 1.82) is 0 Å². The first-order valence-electron chi connectivity index (χ1n) is 10.2. The zero-order valence-corrected chi connectivity index (χ0v) is 22.4. The number of hydrogen-bond acceptors (Lipinski definition) is 4. The van der Waals surface area contributed by atoms with Crippen LogP contribution in [0.2, 0.25) is 15.1 Å². The fourth-order valence-corrected chi connectivity index (χ4v) is 5.49. The quantitative estimate of drug-likeness (QED) is 0.308. The highest BCUT2D eigenvalue weighted by atomic mass is 35.5. The van der Waals surface area contributed by atoms with E-state index >= 15 is 0 Å². The van der Waals surface area contributed by atoms with E-state index in [9.17, 15) is 13.2 Å². The van der Waals surface area contributed by atoms with Gasteiger partial charge in [-0.1, -0.05) is 53.0 Å². The maximum absolute atomic E-state index is 13.4. The molecule has 3 aromatic rings. The molecule has 1 N–H and O–H groups in total. The molecule has 1 amide bonds. The zero-order chi connectivity index (χ0) is 24.9. The Morgan fingerprint density at radius 3 is 2.21 bits per heavy atom. The number of nitrogens with one attached hydrogen (secondary N) is 1. The van der Waals surface area contributed by atoms with E-state index < -0.39 is 15.9 Å². The van der Waals surface area contributed by atoms with Gasteiger partial charge in [-0.25, -0.2) is 8.42 Å². The molecule has 1 atom stereocenters. The van der Waals surface area contributed by atoms with Crippen molar-refractivity contribution in [3.63, 3.8) is 0 Å². The molecule has 0 heterocycles. The molecule has 0 aliphatic rings. The van der Waals surface area contributed by atoms with Crippen LogP contribution in [0.4, 0.5) is 0 Å². The van der Waals surface area contributed by atoms with E-state index in [0.29, 0.717) is 20.6 Å². The fraction of sp³-hybridized carbons (Fsp3) is 0.208. The van der Waals surface area contributed by atoms with Gasteiger partial charge in [0.2, 0.25) is 15.9 Å². The number of sulfonamides is 1. The summed E-state index contributed by atoms with van der Waals surface area (Å²) in [6, 6.07) is 18.2. The average Bonchev–Trinajstić information content (AvgIpc) is 2.81. The van der Waals surface area contributed by atoms with Gasteiger partial charge in [-0.2, -0.15) is 4.31 Å². The molecule has 3 rings (SSSR count). The van der Waals surface area contributed by atoms with Crippen molar-refractivity contribution in [2.45, 2.75) is 29.3 Å². The molecule has 0 saturated carbocycles. The van der Waals surface area contributed by atoms with Gasteiger partial charge in [-0.05, 0) is 72.8 Å². The first-order valence-corrected chi connectivity index (χ1v) is 14.0. The van der Waals surface area contributed by atoms with Crippen molar-refractivity contribution in [3.05, 3.63) is 92.9 Å². The molecule has 0 spiro atoms. The van der Waals surface area contributed by atoms with Crippen molar-refractivity contribution in [2.75, 3.05) is 12.8 Å². The number of rotatable bonds is 9. The van der Waals surface area contributed by atoms with Gasteiger partial charge in [0, 0.05) is 16.5 Å². The van der Waals surface area contributed by atoms with E-state index in [1.165, 1.54) is 24.3 Å². The van der Waals surface area contributed by atoms with Crippen LogP contribution in [0.25, 0.3) is 0 Å². The monoisotopic (exact) mass is 556 g/mol. The van der Waals surface area contributed by atoms with Crippen LogP contribution in [0.3, 0.4) is 0 Å². The van der Waals surface area contributed by atoms with Crippen LogP contribution >= 0.6 is 46.6 Å². The fourth-order valence-electron chi connectivity index (χ4n) is 3.25. The molecule has 0 saturated heterocycles. The van der Waals surface area contributed by atoms with E-state index in [4.69, 9.17) is 34.8 Å². The number of thioether (sulfide) groups is 1. The lowest BCUT2D eigenvalue weighted by atomic mass is 10.1. The van der Waals surface area contributed by atoms with Gasteiger partial charge in [-0.3, -0.25) is 4.79 Å². The van der Waals surface area contributed by atoms with Gasteiger partial charge in [0.15, 0.2) is 0 Å². The smallest absolute Gasteiger partial charge is 0.243 e. The lowest BCUT2D eigenvalue weighted by Gasteiger charge is -2.23. The summed E-state index contributed by atoms with van der Waals surface area (Å²) >= 11 is 19.7. The van der Waals surface area contributed by atoms with Crippen molar-refractivity contribution in [2.24, 2.45) is 0 Å². The molecule has 34 heavy (non-hydrogen) atoms. The molecule has 3 aromatic carbocycles. The zero-order valence-electron chi connectivity index (χ0n) is 18.5. The molecule has 1 unspecified atom stereocenters. The minimum absolute atomic E-state index is 0.0328. The van der Waals surface area contributed by atoms with Crippen LogP contribution in [0.15, 0.2) is 76.5 Å². The van der Waals surface area contributed by atoms with E-state index in [1.807, 2.05) is 37.4 Å². The van der Waals surface area contributed by atoms with E-state index in [0.717, 1.165) is 14.8 Å². The highest BCUT2D eigenvalue weighted by molar-refractivity contribution is 7.98. The predicted molar refractivity (Wildman–Crippen MR) is 140 cm³/mol. The van der Waals surface area contributed by atoms with Crippen LogP contribution in [0, 0.1) is 0 Å². The summed E-state index contributed by atoms with van der Waals surface area (Å²) in [5.74, 6) is -0.431. The standard InChI is InChI=1S/C24H23Cl3N2O3S2/c1-16(18-4-8-20(33-2)9-5-18)28-24(30)15-29(14-17-3-12-22(26)23(27)13-17)34(31,32)21-10-6-19(25)7-11-21/h3-13,16H,14-15H2,1-2H3,(H,28,30). The Hall–Kier alpha value is -1.74. The highest BCUT2D eigenvalue weighted by Gasteiger charge is 2.27. The van der Waals surface area contributed by atoms with Gasteiger partial charge in [0.1, 0.15) is 0 Å². The summed E-state index contributed by atoms with van der Waals surface area (Å²) in [6.07, 6.45) is 1.99. The number of carbonyl (C=O) groups excluding carboxylic acids is 1. The minimum Gasteiger partial charge on any atom is -0.348 e. The van der Waals surface area contributed by atoms with E-state index in [-0.39, 0.29) is 24.0 Å². The van der Waals surface area contributed by atoms with Crippen LogP contribution in [-0.4, -0.2) is 31.4 Å². The topological polar surface area (TPSA) is 66.5 Å². The second-order valence-corrected chi connectivity index (χ2v) is 11.6. The van der Waals surface area contributed by atoms with Crippen molar-refractivity contribution in [3.8, 4) is 0 Å². The second-order valence-electron chi connectivity index (χ2n) is 7.54. The molecule has 0 radical (unpaired) electrons. The normalized spacial score (nSPS) is 12.5. The molecule has 0 aromatic heterocycles. The largest absolute Gasteiger partial charge is 0.348 e. The Kier molecular flexibility index (Phi) is 9.32. The average molecular weight is 558 g/mol. The Bertz CT molecular complexity index is 1250. The predicted octanol–water partition coefficient (Wildman–Crippen LogP) is 6.44. The second kappa shape index (κ2) is 11.8. The van der Waals surface area contributed by atoms with Crippen LogP contribution in [0.5, 0.6) is 0 Å². The molecule has 10 heteroatoms. The van der Waals surface area contributed by atoms with Crippen molar-refractivity contribution >= 4 is 62.5 Å². The number of halogens is 3. The summed E-state index contributed by atoms with van der Waals surface area (Å²) < 4.78 is 27.9. The molecule has 0 bridgehead atoms. The first-order chi connectivity index (χ1) is 16.1. The third kappa shape index (κ3) is 6.90. The number of hydrogen-bond donors (Lipinski definition) is 1. The van der Waals surface area contributed by atoms with Crippen LogP contribution < -0.4 is 5.32 Å². The van der Waals surface area contributed by atoms with E-state index in [1.54, 1.807) is 30.0 Å². The number of nitrogens with zero attached hydrogens (tertiary/aromatic N) is 1. The van der Waals surface area contributed by atoms with Gasteiger partial charge in [-0.15, -0.1) is 11.8 Å². The summed E-state index contributed by atoms with van der Waals surface area (Å²) in [5.41, 5.74) is 1.52. The Morgan fingerprint density at radius 1 is 0.971 bits per heavy atom. The van der Waals surface area contributed by atoms with Crippen LogP contribution in [-0.2, 0) is 21.4 Å². The summed E-state index contributed by atoms with van der Waals surface area (Å²) in [7, 11) is -4.01. The molecule has 0 aliphatic heterocycles. The lowest BCUT2D eigenvalue weighted by molar-refractivity contribution is -0.122. The molecular formula is C24H23Cl3N2O3S2. The molecule has 5 nitrogen and oxygen atoms in total. The summed E-state index contributed by atoms with van der Waals surface area (Å²) in [6.45, 7) is 1.41. The van der Waals surface area contributed by atoms with Gasteiger partial charge in [0.25, 0.3) is 0 Å². The van der Waals surface area contributed by atoms with Gasteiger partial charge < -0.3 is 5.32 Å². The first kappa shape index (κ1) is 26.9. The summed E-state index contributed by atoms with van der Waals surface area (Å²) in [5, 5.41) is 3.95. The van der Waals surface area contributed by atoms with Gasteiger partial charge in [0.05, 0.1) is 27.5 Å². The third-order valence-corrected chi connectivity index (χ3v) is 8.65. The Labute approximate surface area is 219 Å². The van der Waals surface area contributed by atoms with Gasteiger partial charge >= 0.3 is 0 Å². The number of carbonyl (C=O) groups is 1. The lowest BCUT2D eigenvalue weighted by Crippen LogP contribution is -2.41. The van der Waals surface area contributed by atoms with Crippen molar-refractivity contribution in [1.82, 2.24) is 9.62 Å². The Morgan fingerprint density at radius 2 is 1.62 bits per heavy atom. The molecule has 0 aliphatic carbocycles.